The number of benzene rings is 2. The van der Waals surface area contributed by atoms with E-state index in [0.717, 1.165) is 17.7 Å². The molecule has 4 unspecified atom stereocenters. The van der Waals surface area contributed by atoms with Crippen LogP contribution in [0.25, 0.3) is 16.9 Å². The van der Waals surface area contributed by atoms with Crippen LogP contribution in [0.3, 0.4) is 0 Å². The number of likely N-dealkylation sites (N-methyl/N-ethyl adjacent to an activating group) is 1. The molecule has 3 aliphatic carbocycles. The summed E-state index contributed by atoms with van der Waals surface area (Å²) >= 11 is 0. The Bertz CT molecular complexity index is 1620. The fourth-order valence-electron chi connectivity index (χ4n) is 7.08. The SMILES string of the molecule is COc1ccc(CNCC(C)C)cc1-c1ccc(O)c2c1CC1CC3C(N(C)C)C(=O)C(C(N)=O)=C(O)C3(O)C(=O)C1=C2O. The lowest BCUT2D eigenvalue weighted by Crippen LogP contribution is -2.65. The lowest BCUT2D eigenvalue weighted by molar-refractivity contribution is -0.153. The molecule has 3 aliphatic rings. The van der Waals surface area contributed by atoms with E-state index in [2.05, 4.69) is 19.2 Å². The molecule has 234 valence electrons. The van der Waals surface area contributed by atoms with Gasteiger partial charge >= 0.3 is 0 Å². The number of methoxy groups -OCH3 is 1. The number of fused-ring (bicyclic) bond motifs is 3. The Kier molecular flexibility index (Phi) is 8.08. The molecule has 1 saturated carbocycles. The molecule has 1 fully saturated rings. The molecule has 0 bridgehead atoms. The Morgan fingerprint density at radius 1 is 1.14 bits per heavy atom. The van der Waals surface area contributed by atoms with Crippen LogP contribution in [0.1, 0.15) is 37.0 Å². The maximum absolute atomic E-state index is 14.1. The summed E-state index contributed by atoms with van der Waals surface area (Å²) in [6, 6.07) is 7.80. The van der Waals surface area contributed by atoms with Gasteiger partial charge < -0.3 is 36.2 Å². The van der Waals surface area contributed by atoms with Gasteiger partial charge in [0.05, 0.1) is 18.7 Å². The van der Waals surface area contributed by atoms with Crippen molar-refractivity contribution in [3.8, 4) is 22.6 Å². The number of phenols is 1. The van der Waals surface area contributed by atoms with E-state index in [4.69, 9.17) is 10.5 Å². The van der Waals surface area contributed by atoms with Crippen molar-refractivity contribution >= 4 is 23.2 Å². The average molecular weight is 606 g/mol. The maximum Gasteiger partial charge on any atom is 0.255 e. The molecular weight excluding hydrogens is 566 g/mol. The van der Waals surface area contributed by atoms with E-state index >= 15 is 0 Å². The number of aromatic hydroxyl groups is 1. The first-order valence-corrected chi connectivity index (χ1v) is 14.6. The predicted molar refractivity (Wildman–Crippen MR) is 163 cm³/mol. The second kappa shape index (κ2) is 11.4. The number of phenolic OH excluding ortho intramolecular Hbond substituents is 1. The molecule has 4 atom stereocenters. The Balaban J connectivity index is 1.67. The van der Waals surface area contributed by atoms with Gasteiger partial charge in [-0.15, -0.1) is 0 Å². The number of Topliss-reactive ketones (excluding diaryl/α,β-unsaturated/α-hetero) is 2. The van der Waals surface area contributed by atoms with E-state index < -0.39 is 58.0 Å². The topological polar surface area (TPSA) is 183 Å². The Morgan fingerprint density at radius 2 is 1.84 bits per heavy atom. The van der Waals surface area contributed by atoms with Crippen molar-refractivity contribution in [2.45, 2.75) is 44.9 Å². The van der Waals surface area contributed by atoms with Crippen LogP contribution >= 0.6 is 0 Å². The van der Waals surface area contributed by atoms with Crippen molar-refractivity contribution in [1.29, 1.82) is 0 Å². The first-order chi connectivity index (χ1) is 20.7. The molecule has 44 heavy (non-hydrogen) atoms. The number of nitrogens with zero attached hydrogens (tertiary/aromatic N) is 1. The molecule has 1 amide bonds. The summed E-state index contributed by atoms with van der Waals surface area (Å²) in [5, 5.41) is 48.8. The van der Waals surface area contributed by atoms with Crippen molar-refractivity contribution in [3.63, 3.8) is 0 Å². The summed E-state index contributed by atoms with van der Waals surface area (Å²) in [7, 11) is 4.69. The zero-order chi connectivity index (χ0) is 32.2. The largest absolute Gasteiger partial charge is 0.508 e. The normalized spacial score (nSPS) is 24.9. The minimum Gasteiger partial charge on any atom is -0.508 e. The molecule has 7 N–H and O–H groups in total. The highest BCUT2D eigenvalue weighted by atomic mass is 16.5. The van der Waals surface area contributed by atoms with Gasteiger partial charge in [0, 0.05) is 23.6 Å². The van der Waals surface area contributed by atoms with Crippen molar-refractivity contribution in [1.82, 2.24) is 10.2 Å². The van der Waals surface area contributed by atoms with Gasteiger partial charge in [-0.25, -0.2) is 0 Å². The van der Waals surface area contributed by atoms with Crippen LogP contribution in [0.4, 0.5) is 0 Å². The average Bonchev–Trinajstić information content (AvgIpc) is 2.94. The molecule has 0 aromatic heterocycles. The van der Waals surface area contributed by atoms with Gasteiger partial charge in [0.1, 0.15) is 28.6 Å². The molecule has 11 nitrogen and oxygen atoms in total. The molecule has 0 heterocycles. The smallest absolute Gasteiger partial charge is 0.255 e. The van der Waals surface area contributed by atoms with E-state index in [1.165, 1.54) is 11.0 Å². The quantitative estimate of drug-likeness (QED) is 0.244. The van der Waals surface area contributed by atoms with Crippen LogP contribution in [-0.4, -0.2) is 82.2 Å². The predicted octanol–water partition coefficient (Wildman–Crippen LogP) is 2.39. The fraction of sp³-hybridized carbons (Fsp3) is 0.424. The second-order valence-electron chi connectivity index (χ2n) is 12.5. The molecule has 11 heteroatoms. The summed E-state index contributed by atoms with van der Waals surface area (Å²) in [6.45, 7) is 5.70. The number of rotatable bonds is 8. The third kappa shape index (κ3) is 4.75. The summed E-state index contributed by atoms with van der Waals surface area (Å²) in [6.07, 6.45) is 0.189. The van der Waals surface area contributed by atoms with E-state index in [0.29, 0.717) is 29.3 Å². The van der Waals surface area contributed by atoms with Crippen LogP contribution < -0.4 is 15.8 Å². The monoisotopic (exact) mass is 605 g/mol. The Labute approximate surface area is 255 Å². The van der Waals surface area contributed by atoms with Crippen LogP contribution in [0.15, 0.2) is 47.2 Å². The minimum atomic E-state index is -2.68. The van der Waals surface area contributed by atoms with Gasteiger partial charge in [-0.3, -0.25) is 19.3 Å². The molecule has 0 aliphatic heterocycles. The van der Waals surface area contributed by atoms with Crippen molar-refractivity contribution < 1.29 is 39.5 Å². The van der Waals surface area contributed by atoms with Crippen LogP contribution in [-0.2, 0) is 27.3 Å². The van der Waals surface area contributed by atoms with Crippen LogP contribution in [0.5, 0.6) is 11.5 Å². The first kappa shape index (κ1) is 31.2. The van der Waals surface area contributed by atoms with E-state index in [1.807, 2.05) is 18.2 Å². The van der Waals surface area contributed by atoms with E-state index in [9.17, 15) is 34.8 Å². The second-order valence-corrected chi connectivity index (χ2v) is 12.5. The molecule has 2 aromatic rings. The highest BCUT2D eigenvalue weighted by Gasteiger charge is 2.64. The van der Waals surface area contributed by atoms with Gasteiger partial charge in [-0.2, -0.15) is 0 Å². The molecule has 5 rings (SSSR count). The van der Waals surface area contributed by atoms with E-state index in [1.54, 1.807) is 27.3 Å². The van der Waals surface area contributed by atoms with Gasteiger partial charge in [-0.1, -0.05) is 26.0 Å². The van der Waals surface area contributed by atoms with E-state index in [-0.39, 0.29) is 29.7 Å². The number of carbonyl (C=O) groups excluding carboxylic acids is 3. The number of aliphatic hydroxyl groups excluding tert-OH is 2. The lowest BCUT2D eigenvalue weighted by Gasteiger charge is -2.50. The zero-order valence-electron chi connectivity index (χ0n) is 25.5. The molecule has 2 aromatic carbocycles. The summed E-state index contributed by atoms with van der Waals surface area (Å²) in [5.74, 6) is -5.80. The van der Waals surface area contributed by atoms with Gasteiger partial charge in [0.2, 0.25) is 5.78 Å². The molecule has 0 spiro atoms. The number of hydrogen-bond acceptors (Lipinski definition) is 10. The number of amides is 1. The highest BCUT2D eigenvalue weighted by molar-refractivity contribution is 6.24. The van der Waals surface area contributed by atoms with Crippen molar-refractivity contribution in [2.24, 2.45) is 23.5 Å². The van der Waals surface area contributed by atoms with Crippen molar-refractivity contribution in [2.75, 3.05) is 27.7 Å². The standard InChI is InChI=1S/C33H39N3O8/c1-15(2)13-35-14-16-6-9-23(44-5)19(10-16)18-7-8-22(37)25-20(18)11-17-12-21-27(36(3)4)29(39)26(32(34)42)31(41)33(21,43)30(40)24(17)28(25)38/h6-10,15,17,21,27,35,37-38,41,43H,11-14H2,1-5H3,(H2,34,42). The number of nitrogens with two attached hydrogens (primary N) is 1. The Hall–Kier alpha value is -4.19. The van der Waals surface area contributed by atoms with Crippen molar-refractivity contribution in [3.05, 3.63) is 63.9 Å². The third-order valence-corrected chi connectivity index (χ3v) is 9.04. The zero-order valence-corrected chi connectivity index (χ0v) is 25.5. The molecule has 0 radical (unpaired) electrons. The number of primary amides is 1. The highest BCUT2D eigenvalue weighted by Crippen LogP contribution is 2.54. The van der Waals surface area contributed by atoms with Crippen LogP contribution in [0, 0.1) is 17.8 Å². The number of hydrogen-bond donors (Lipinski definition) is 6. The van der Waals surface area contributed by atoms with Gasteiger partial charge in [0.15, 0.2) is 11.4 Å². The molecular formula is C33H39N3O8. The number of ether oxygens (including phenoxy) is 1. The number of ketones is 2. The Morgan fingerprint density at radius 3 is 2.45 bits per heavy atom. The maximum atomic E-state index is 14.1. The summed E-state index contributed by atoms with van der Waals surface area (Å²) in [4.78, 5) is 41.1. The number of carbonyl (C=O) groups is 3. The summed E-state index contributed by atoms with van der Waals surface area (Å²) in [5.41, 5.74) is 4.70. The number of aliphatic hydroxyl groups is 3. The summed E-state index contributed by atoms with van der Waals surface area (Å²) < 4.78 is 5.69. The minimum absolute atomic E-state index is 0.0111. The number of nitrogens with one attached hydrogen (secondary N) is 1. The fourth-order valence-corrected chi connectivity index (χ4v) is 7.08. The third-order valence-electron chi connectivity index (χ3n) is 9.04. The first-order valence-electron chi connectivity index (χ1n) is 14.6. The van der Waals surface area contributed by atoms with Gasteiger partial charge in [0.25, 0.3) is 5.91 Å². The molecule has 0 saturated heterocycles. The van der Waals surface area contributed by atoms with Gasteiger partial charge in [-0.05, 0) is 80.2 Å². The van der Waals surface area contributed by atoms with Crippen LogP contribution in [0.2, 0.25) is 0 Å². The lowest BCUT2D eigenvalue weighted by atomic mass is 9.57.